The molecule has 3 heterocycles. The van der Waals surface area contributed by atoms with Crippen LogP contribution in [0.25, 0.3) is 10.4 Å². The van der Waals surface area contributed by atoms with Crippen molar-refractivity contribution < 1.29 is 4.79 Å². The van der Waals surface area contributed by atoms with Crippen LogP contribution in [0.3, 0.4) is 0 Å². The number of hydrogen-bond acceptors (Lipinski definition) is 3. The topological polar surface area (TPSA) is 49.0 Å². The number of carbonyl (C=O) groups excluding carboxylic acids is 1. The molecule has 2 unspecified atom stereocenters. The molecule has 1 saturated heterocycles. The number of amides is 1. The van der Waals surface area contributed by atoms with E-state index in [4.69, 9.17) is 0 Å². The molecule has 1 N–H and O–H groups in total. The van der Waals surface area contributed by atoms with E-state index in [0.29, 0.717) is 6.04 Å². The van der Waals surface area contributed by atoms with E-state index in [1.807, 2.05) is 24.6 Å². The molecule has 2 fully saturated rings. The molecule has 1 amide bonds. The number of nitrogens with zero attached hydrogens (tertiary/aromatic N) is 2. The minimum atomic E-state index is 0. The molecule has 2 aromatic heterocycles. The lowest BCUT2D eigenvalue weighted by Gasteiger charge is -2.44. The van der Waals surface area contributed by atoms with E-state index in [-0.39, 0.29) is 13.3 Å². The zero-order valence-corrected chi connectivity index (χ0v) is 14.4. The molecule has 2 aromatic rings. The van der Waals surface area contributed by atoms with E-state index in [9.17, 15) is 4.79 Å². The second kappa shape index (κ2) is 7.09. The van der Waals surface area contributed by atoms with Crippen molar-refractivity contribution in [2.24, 2.45) is 5.92 Å². The number of likely N-dealkylation sites (tertiary alicyclic amines) is 1. The fourth-order valence-electron chi connectivity index (χ4n) is 4.23. The van der Waals surface area contributed by atoms with Crippen molar-refractivity contribution in [3.8, 4) is 10.4 Å². The second-order valence-electron chi connectivity index (χ2n) is 6.86. The van der Waals surface area contributed by atoms with Gasteiger partial charge < -0.3 is 4.90 Å². The van der Waals surface area contributed by atoms with E-state index >= 15 is 0 Å². The number of thiophene rings is 1. The summed E-state index contributed by atoms with van der Waals surface area (Å²) in [7, 11) is 0. The van der Waals surface area contributed by atoms with Gasteiger partial charge in [-0.3, -0.25) is 9.89 Å². The van der Waals surface area contributed by atoms with Gasteiger partial charge in [-0.05, 0) is 44.6 Å². The van der Waals surface area contributed by atoms with Crippen LogP contribution in [0.4, 0.5) is 0 Å². The number of hydrogen-bond donors (Lipinski definition) is 1. The molecule has 2 aliphatic rings. The smallest absolute Gasteiger partial charge is 0.254 e. The maximum Gasteiger partial charge on any atom is 0.254 e. The summed E-state index contributed by atoms with van der Waals surface area (Å²) in [6.45, 7) is 2.94. The zero-order chi connectivity index (χ0) is 15.8. The van der Waals surface area contributed by atoms with Crippen LogP contribution in [0.1, 0.15) is 62.0 Å². The summed E-state index contributed by atoms with van der Waals surface area (Å²) in [5.41, 5.74) is 3.00. The summed E-state index contributed by atoms with van der Waals surface area (Å²) in [6, 6.07) is 2.51. The van der Waals surface area contributed by atoms with Crippen LogP contribution >= 0.6 is 11.3 Å². The first kappa shape index (κ1) is 17.2. The van der Waals surface area contributed by atoms with Crippen molar-refractivity contribution in [1.82, 2.24) is 15.1 Å². The molecule has 1 aliphatic heterocycles. The molecule has 2 atom stereocenters. The Morgan fingerprint density at radius 1 is 1.29 bits per heavy atom. The van der Waals surface area contributed by atoms with E-state index < -0.39 is 0 Å². The van der Waals surface area contributed by atoms with Crippen molar-refractivity contribution in [3.05, 3.63) is 28.9 Å². The third-order valence-corrected chi connectivity index (χ3v) is 6.41. The highest BCUT2D eigenvalue weighted by molar-refractivity contribution is 7.13. The van der Waals surface area contributed by atoms with Gasteiger partial charge in [0.2, 0.25) is 0 Å². The monoisotopic (exact) mass is 345 g/mol. The van der Waals surface area contributed by atoms with Crippen LogP contribution in [0.5, 0.6) is 0 Å². The Morgan fingerprint density at radius 2 is 2.08 bits per heavy atom. The van der Waals surface area contributed by atoms with Crippen LogP contribution in [-0.4, -0.2) is 33.6 Å². The van der Waals surface area contributed by atoms with Crippen LogP contribution in [0, 0.1) is 12.8 Å². The van der Waals surface area contributed by atoms with Crippen molar-refractivity contribution in [2.75, 3.05) is 6.54 Å². The molecule has 0 spiro atoms. The minimum absolute atomic E-state index is 0. The molecule has 1 saturated carbocycles. The third-order valence-electron chi connectivity index (χ3n) is 5.45. The Kier molecular flexibility index (Phi) is 5.09. The van der Waals surface area contributed by atoms with Gasteiger partial charge in [-0.2, -0.15) is 5.10 Å². The lowest BCUT2D eigenvalue weighted by atomic mass is 9.78. The number of H-pyrrole nitrogens is 1. The SMILES string of the molecule is C.Cc1[nH]ncc1-c1cc(C(=O)N2CCCC3CCCCC32)cs1. The number of aromatic nitrogens is 2. The van der Waals surface area contributed by atoms with Crippen molar-refractivity contribution >= 4 is 17.2 Å². The first-order chi connectivity index (χ1) is 11.2. The summed E-state index contributed by atoms with van der Waals surface area (Å²) in [5.74, 6) is 0.959. The lowest BCUT2D eigenvalue weighted by molar-refractivity contribution is 0.0391. The van der Waals surface area contributed by atoms with Crippen LogP contribution in [-0.2, 0) is 0 Å². The molecule has 4 nitrogen and oxygen atoms in total. The van der Waals surface area contributed by atoms with Gasteiger partial charge in [0.1, 0.15) is 0 Å². The molecule has 1 aliphatic carbocycles. The Balaban J connectivity index is 0.00000169. The van der Waals surface area contributed by atoms with Gasteiger partial charge in [0.15, 0.2) is 0 Å². The summed E-state index contributed by atoms with van der Waals surface area (Å²) in [5, 5.41) is 9.06. The molecule has 130 valence electrons. The summed E-state index contributed by atoms with van der Waals surface area (Å²) >= 11 is 1.64. The number of nitrogens with one attached hydrogen (secondary N) is 1. The van der Waals surface area contributed by atoms with Crippen LogP contribution in [0.15, 0.2) is 17.6 Å². The standard InChI is InChI=1S/C18H23N3OS.CH4/c1-12-15(10-19-20-12)17-9-14(11-23-17)18(22)21-8-4-6-13-5-2-3-7-16(13)21;/h9-11,13,16H,2-8H2,1H3,(H,19,20);1H4. The number of fused-ring (bicyclic) bond motifs is 1. The van der Waals surface area contributed by atoms with E-state index in [0.717, 1.165) is 40.6 Å². The predicted octanol–water partition coefficient (Wildman–Crippen LogP) is 4.88. The quantitative estimate of drug-likeness (QED) is 0.843. The Bertz CT molecular complexity index is 703. The summed E-state index contributed by atoms with van der Waals surface area (Å²) in [6.07, 6.45) is 9.40. The second-order valence-corrected chi connectivity index (χ2v) is 7.77. The molecule has 24 heavy (non-hydrogen) atoms. The van der Waals surface area contributed by atoms with Gasteiger partial charge in [-0.1, -0.05) is 20.3 Å². The third kappa shape index (κ3) is 3.02. The molecule has 5 heteroatoms. The van der Waals surface area contributed by atoms with E-state index in [1.54, 1.807) is 11.3 Å². The van der Waals surface area contributed by atoms with Gasteiger partial charge in [0, 0.05) is 34.1 Å². The van der Waals surface area contributed by atoms with Gasteiger partial charge in [0.25, 0.3) is 5.91 Å². The molecule has 0 radical (unpaired) electrons. The molecule has 4 rings (SSSR count). The fourth-order valence-corrected chi connectivity index (χ4v) is 5.18. The number of carbonyl (C=O) groups is 1. The zero-order valence-electron chi connectivity index (χ0n) is 13.5. The fraction of sp³-hybridized carbons (Fsp3) is 0.579. The minimum Gasteiger partial charge on any atom is -0.335 e. The summed E-state index contributed by atoms with van der Waals surface area (Å²) < 4.78 is 0. The highest BCUT2D eigenvalue weighted by atomic mass is 32.1. The maximum absolute atomic E-state index is 13.0. The largest absolute Gasteiger partial charge is 0.335 e. The van der Waals surface area contributed by atoms with Crippen molar-refractivity contribution in [3.63, 3.8) is 0 Å². The average Bonchev–Trinajstić information content (AvgIpc) is 3.22. The molecular weight excluding hydrogens is 318 g/mol. The van der Waals surface area contributed by atoms with Gasteiger partial charge in [-0.15, -0.1) is 11.3 Å². The molecule has 0 aromatic carbocycles. The molecule has 0 bridgehead atoms. The highest BCUT2D eigenvalue weighted by Crippen LogP contribution is 2.37. The van der Waals surface area contributed by atoms with E-state index in [1.165, 1.54) is 32.1 Å². The van der Waals surface area contributed by atoms with Crippen molar-refractivity contribution in [1.29, 1.82) is 0 Å². The molecular formula is C19H27N3OS. The predicted molar refractivity (Wildman–Crippen MR) is 99.4 cm³/mol. The van der Waals surface area contributed by atoms with Gasteiger partial charge in [-0.25, -0.2) is 0 Å². The average molecular weight is 346 g/mol. The van der Waals surface area contributed by atoms with E-state index in [2.05, 4.69) is 15.1 Å². The maximum atomic E-state index is 13.0. The van der Waals surface area contributed by atoms with Crippen LogP contribution in [0.2, 0.25) is 0 Å². The summed E-state index contributed by atoms with van der Waals surface area (Å²) in [4.78, 5) is 16.3. The number of piperidine rings is 1. The Hall–Kier alpha value is -1.62. The van der Waals surface area contributed by atoms with Gasteiger partial charge in [0.05, 0.1) is 11.8 Å². The highest BCUT2D eigenvalue weighted by Gasteiger charge is 2.36. The lowest BCUT2D eigenvalue weighted by Crippen LogP contribution is -2.49. The van der Waals surface area contributed by atoms with Crippen molar-refractivity contribution in [2.45, 2.75) is 58.9 Å². The first-order valence-electron chi connectivity index (χ1n) is 8.64. The number of rotatable bonds is 2. The Morgan fingerprint density at radius 3 is 2.88 bits per heavy atom. The Labute approximate surface area is 148 Å². The van der Waals surface area contributed by atoms with Gasteiger partial charge >= 0.3 is 0 Å². The number of aryl methyl sites for hydroxylation is 1. The normalized spacial score (nSPS) is 23.5. The number of aromatic amines is 1. The first-order valence-corrected chi connectivity index (χ1v) is 9.52. The van der Waals surface area contributed by atoms with Crippen LogP contribution < -0.4 is 0 Å².